The third-order valence-corrected chi connectivity index (χ3v) is 5.35. The summed E-state index contributed by atoms with van der Waals surface area (Å²) < 4.78 is 0. The Balaban J connectivity index is 1.70. The van der Waals surface area contributed by atoms with Crippen molar-refractivity contribution in [3.8, 4) is 0 Å². The van der Waals surface area contributed by atoms with Gasteiger partial charge in [-0.15, -0.1) is 11.3 Å². The Hall–Kier alpha value is -1.66. The van der Waals surface area contributed by atoms with E-state index in [2.05, 4.69) is 17.0 Å². The summed E-state index contributed by atoms with van der Waals surface area (Å²) in [6.07, 6.45) is 6.53. The molecule has 0 spiro atoms. The Bertz CT molecular complexity index is 639. The van der Waals surface area contributed by atoms with E-state index >= 15 is 0 Å². The fraction of sp³-hybridized carbons (Fsp3) is 0.286. The van der Waals surface area contributed by atoms with Crippen LogP contribution in [-0.4, -0.2) is 18.0 Å². The number of rotatable bonds is 4. The van der Waals surface area contributed by atoms with Crippen molar-refractivity contribution in [3.05, 3.63) is 44.1 Å². The van der Waals surface area contributed by atoms with Crippen LogP contribution in [-0.2, 0) is 0 Å². The van der Waals surface area contributed by atoms with Crippen LogP contribution in [0.15, 0.2) is 24.3 Å². The number of nitro groups is 1. The van der Waals surface area contributed by atoms with Crippen LogP contribution in [0.3, 0.4) is 0 Å². The Labute approximate surface area is 125 Å². The first-order chi connectivity index (χ1) is 9.72. The molecule has 2 aromatic heterocycles. The Kier molecular flexibility index (Phi) is 3.84. The summed E-state index contributed by atoms with van der Waals surface area (Å²) in [5.74, 6) is 0. The molecule has 3 rings (SSSR count). The average Bonchev–Trinajstić information content (AvgIpc) is 3.17. The summed E-state index contributed by atoms with van der Waals surface area (Å²) in [5, 5.41) is 12.1. The summed E-state index contributed by atoms with van der Waals surface area (Å²) in [4.78, 5) is 14.8. The van der Waals surface area contributed by atoms with Crippen LogP contribution in [0.5, 0.6) is 0 Å². The first-order valence-corrected chi connectivity index (χ1v) is 8.13. The largest absolute Gasteiger partial charge is 0.363 e. The van der Waals surface area contributed by atoms with Crippen molar-refractivity contribution in [2.75, 3.05) is 18.0 Å². The van der Waals surface area contributed by atoms with Crippen LogP contribution in [0.1, 0.15) is 22.6 Å². The summed E-state index contributed by atoms with van der Waals surface area (Å²) in [5.41, 5.74) is 0. The molecule has 2 aromatic rings. The molecule has 0 radical (unpaired) electrons. The van der Waals surface area contributed by atoms with Crippen molar-refractivity contribution >= 4 is 44.8 Å². The maximum atomic E-state index is 10.6. The van der Waals surface area contributed by atoms with E-state index in [4.69, 9.17) is 0 Å². The summed E-state index contributed by atoms with van der Waals surface area (Å²) >= 11 is 2.97. The zero-order valence-corrected chi connectivity index (χ0v) is 12.5. The monoisotopic (exact) mass is 306 g/mol. The standard InChI is InChI=1S/C14H14N2O2S2/c17-16(18)14-8-6-12(20-14)4-3-11-5-7-13(19-11)15-9-1-2-10-15/h3-8H,1-2,9-10H2/b4-3+. The second-order valence-electron chi connectivity index (χ2n) is 4.64. The number of hydrogen-bond donors (Lipinski definition) is 0. The lowest BCUT2D eigenvalue weighted by Gasteiger charge is -2.13. The van der Waals surface area contributed by atoms with E-state index in [-0.39, 0.29) is 9.92 Å². The highest BCUT2D eigenvalue weighted by molar-refractivity contribution is 7.17. The molecule has 104 valence electrons. The highest BCUT2D eigenvalue weighted by Gasteiger charge is 2.13. The molecule has 0 aromatic carbocycles. The van der Waals surface area contributed by atoms with E-state index in [0.717, 1.165) is 18.0 Å². The zero-order valence-electron chi connectivity index (χ0n) is 10.8. The highest BCUT2D eigenvalue weighted by Crippen LogP contribution is 2.31. The van der Waals surface area contributed by atoms with E-state index in [9.17, 15) is 10.1 Å². The minimum absolute atomic E-state index is 0.189. The van der Waals surface area contributed by atoms with Crippen molar-refractivity contribution in [1.29, 1.82) is 0 Å². The van der Waals surface area contributed by atoms with Gasteiger partial charge in [0.15, 0.2) is 0 Å². The topological polar surface area (TPSA) is 46.4 Å². The molecule has 6 heteroatoms. The molecule has 1 saturated heterocycles. The van der Waals surface area contributed by atoms with E-state index in [1.54, 1.807) is 23.5 Å². The fourth-order valence-electron chi connectivity index (χ4n) is 2.23. The van der Waals surface area contributed by atoms with Gasteiger partial charge in [0, 0.05) is 28.9 Å². The first kappa shape index (κ1) is 13.3. The first-order valence-electron chi connectivity index (χ1n) is 6.49. The Morgan fingerprint density at radius 2 is 1.70 bits per heavy atom. The van der Waals surface area contributed by atoms with Crippen LogP contribution >= 0.6 is 22.7 Å². The molecular weight excluding hydrogens is 292 g/mol. The molecule has 0 N–H and O–H groups in total. The molecule has 0 atom stereocenters. The number of thiophene rings is 2. The van der Waals surface area contributed by atoms with Crippen molar-refractivity contribution in [2.45, 2.75) is 12.8 Å². The maximum Gasteiger partial charge on any atom is 0.324 e. The Morgan fingerprint density at radius 3 is 2.35 bits per heavy atom. The number of hydrogen-bond acceptors (Lipinski definition) is 5. The fourth-order valence-corrected chi connectivity index (χ4v) is 3.92. The third-order valence-electron chi connectivity index (χ3n) is 3.23. The summed E-state index contributed by atoms with van der Waals surface area (Å²) in [7, 11) is 0. The van der Waals surface area contributed by atoms with Gasteiger partial charge in [0.25, 0.3) is 0 Å². The van der Waals surface area contributed by atoms with Gasteiger partial charge in [0.1, 0.15) is 0 Å². The minimum Gasteiger partial charge on any atom is -0.363 e. The van der Waals surface area contributed by atoms with Gasteiger partial charge >= 0.3 is 5.00 Å². The third kappa shape index (κ3) is 2.91. The maximum absolute atomic E-state index is 10.6. The van der Waals surface area contributed by atoms with Gasteiger partial charge in [-0.05, 0) is 43.2 Å². The highest BCUT2D eigenvalue weighted by atomic mass is 32.1. The van der Waals surface area contributed by atoms with Crippen LogP contribution in [0.2, 0.25) is 0 Å². The molecule has 1 fully saturated rings. The van der Waals surface area contributed by atoms with Gasteiger partial charge < -0.3 is 4.90 Å². The minimum atomic E-state index is -0.349. The lowest BCUT2D eigenvalue weighted by Crippen LogP contribution is -2.15. The predicted molar refractivity (Wildman–Crippen MR) is 85.7 cm³/mol. The van der Waals surface area contributed by atoms with Gasteiger partial charge in [-0.3, -0.25) is 10.1 Å². The van der Waals surface area contributed by atoms with Crippen molar-refractivity contribution < 1.29 is 4.92 Å². The molecule has 0 saturated carbocycles. The predicted octanol–water partition coefficient (Wildman–Crippen LogP) is 4.49. The molecule has 20 heavy (non-hydrogen) atoms. The summed E-state index contributed by atoms with van der Waals surface area (Å²) in [6, 6.07) is 7.60. The molecule has 4 nitrogen and oxygen atoms in total. The van der Waals surface area contributed by atoms with E-state index in [0.29, 0.717) is 0 Å². The number of nitrogens with zero attached hydrogens (tertiary/aromatic N) is 2. The molecular formula is C14H14N2O2S2. The van der Waals surface area contributed by atoms with Crippen LogP contribution in [0, 0.1) is 10.1 Å². The normalized spacial score (nSPS) is 15.3. The lowest BCUT2D eigenvalue weighted by atomic mass is 10.3. The number of anilines is 1. The van der Waals surface area contributed by atoms with Crippen molar-refractivity contribution in [2.24, 2.45) is 0 Å². The van der Waals surface area contributed by atoms with Crippen LogP contribution in [0.4, 0.5) is 10.0 Å². The van der Waals surface area contributed by atoms with Gasteiger partial charge in [0.05, 0.1) is 9.92 Å². The second kappa shape index (κ2) is 5.76. The zero-order chi connectivity index (χ0) is 13.9. The quantitative estimate of drug-likeness (QED) is 0.617. The molecule has 0 unspecified atom stereocenters. The SMILES string of the molecule is O=[N+]([O-])c1ccc(/C=C/c2ccc(N3CCCC3)s2)s1. The smallest absolute Gasteiger partial charge is 0.324 e. The second-order valence-corrected chi connectivity index (χ2v) is 6.82. The van der Waals surface area contributed by atoms with Crippen molar-refractivity contribution in [3.63, 3.8) is 0 Å². The summed E-state index contributed by atoms with van der Waals surface area (Å²) in [6.45, 7) is 2.31. The Morgan fingerprint density at radius 1 is 1.05 bits per heavy atom. The van der Waals surface area contributed by atoms with Gasteiger partial charge in [0.2, 0.25) is 0 Å². The molecule has 0 amide bonds. The van der Waals surface area contributed by atoms with Gasteiger partial charge in [-0.2, -0.15) is 0 Å². The molecule has 1 aliphatic rings. The average molecular weight is 306 g/mol. The van der Waals surface area contributed by atoms with E-state index in [1.807, 2.05) is 12.2 Å². The van der Waals surface area contributed by atoms with Crippen LogP contribution < -0.4 is 4.90 Å². The molecule has 3 heterocycles. The van der Waals surface area contributed by atoms with Gasteiger partial charge in [-0.1, -0.05) is 11.3 Å². The molecule has 0 bridgehead atoms. The van der Waals surface area contributed by atoms with E-state index in [1.165, 1.54) is 34.1 Å². The lowest BCUT2D eigenvalue weighted by molar-refractivity contribution is -0.380. The van der Waals surface area contributed by atoms with Crippen LogP contribution in [0.25, 0.3) is 12.2 Å². The molecule has 1 aliphatic heterocycles. The van der Waals surface area contributed by atoms with Crippen molar-refractivity contribution in [1.82, 2.24) is 0 Å². The van der Waals surface area contributed by atoms with E-state index < -0.39 is 0 Å². The molecule has 0 aliphatic carbocycles. The van der Waals surface area contributed by atoms with Gasteiger partial charge in [-0.25, -0.2) is 0 Å².